The first-order valence-corrected chi connectivity index (χ1v) is 6.16. The van der Waals surface area contributed by atoms with Crippen molar-refractivity contribution in [3.8, 4) is 11.1 Å². The lowest BCUT2D eigenvalue weighted by atomic mass is 9.99. The monoisotopic (exact) mass is 225 g/mol. The van der Waals surface area contributed by atoms with Gasteiger partial charge in [-0.25, -0.2) is 0 Å². The van der Waals surface area contributed by atoms with Crippen LogP contribution in [0.25, 0.3) is 11.1 Å². The minimum Gasteiger partial charge on any atom is -0.399 e. The van der Waals surface area contributed by atoms with Crippen LogP contribution in [0.5, 0.6) is 0 Å². The molecule has 0 spiro atoms. The van der Waals surface area contributed by atoms with E-state index in [9.17, 15) is 0 Å². The molecule has 0 bridgehead atoms. The van der Waals surface area contributed by atoms with E-state index in [0.29, 0.717) is 0 Å². The summed E-state index contributed by atoms with van der Waals surface area (Å²) in [6.07, 6.45) is 2.33. The smallest absolute Gasteiger partial charge is 0.0344 e. The average molecular weight is 225 g/mol. The van der Waals surface area contributed by atoms with E-state index in [-0.39, 0.29) is 0 Å². The van der Waals surface area contributed by atoms with Crippen LogP contribution < -0.4 is 5.73 Å². The Morgan fingerprint density at radius 1 is 1.00 bits per heavy atom. The molecule has 0 aliphatic heterocycles. The second-order valence-corrected chi connectivity index (χ2v) is 4.52. The van der Waals surface area contributed by atoms with Crippen LogP contribution in [0.1, 0.15) is 24.5 Å². The summed E-state index contributed by atoms with van der Waals surface area (Å²) in [4.78, 5) is 0. The van der Waals surface area contributed by atoms with Gasteiger partial charge in [-0.2, -0.15) is 0 Å². The number of hydrogen-bond donors (Lipinski definition) is 1. The molecule has 0 aliphatic rings. The van der Waals surface area contributed by atoms with Gasteiger partial charge in [0.05, 0.1) is 0 Å². The summed E-state index contributed by atoms with van der Waals surface area (Å²) in [5, 5.41) is 0. The minimum atomic E-state index is 0.860. The van der Waals surface area contributed by atoms with E-state index in [4.69, 9.17) is 5.73 Å². The van der Waals surface area contributed by atoms with E-state index in [1.54, 1.807) is 0 Å². The van der Waals surface area contributed by atoms with E-state index in [1.807, 2.05) is 6.07 Å². The third-order valence-electron chi connectivity index (χ3n) is 3.07. The van der Waals surface area contributed by atoms with Gasteiger partial charge in [-0.3, -0.25) is 0 Å². The quantitative estimate of drug-likeness (QED) is 0.778. The van der Waals surface area contributed by atoms with Crippen LogP contribution in [0.15, 0.2) is 42.5 Å². The largest absolute Gasteiger partial charge is 0.399 e. The van der Waals surface area contributed by atoms with Gasteiger partial charge in [-0.05, 0) is 47.7 Å². The van der Waals surface area contributed by atoms with Gasteiger partial charge in [0.2, 0.25) is 0 Å². The first kappa shape index (κ1) is 11.7. The Bertz CT molecular complexity index is 515. The molecule has 2 aromatic carbocycles. The Morgan fingerprint density at radius 2 is 1.76 bits per heavy atom. The Hall–Kier alpha value is -1.76. The fourth-order valence-corrected chi connectivity index (χ4v) is 2.05. The van der Waals surface area contributed by atoms with E-state index >= 15 is 0 Å². The third-order valence-corrected chi connectivity index (χ3v) is 3.07. The predicted octanol–water partition coefficient (Wildman–Crippen LogP) is 4.20. The molecule has 0 unspecified atom stereocenters. The van der Waals surface area contributed by atoms with Gasteiger partial charge in [0, 0.05) is 5.69 Å². The molecule has 17 heavy (non-hydrogen) atoms. The van der Waals surface area contributed by atoms with Gasteiger partial charge >= 0.3 is 0 Å². The van der Waals surface area contributed by atoms with Crippen molar-refractivity contribution in [2.24, 2.45) is 0 Å². The Labute approximate surface area is 103 Å². The summed E-state index contributed by atoms with van der Waals surface area (Å²) in [6.45, 7) is 4.26. The average Bonchev–Trinajstić information content (AvgIpc) is 2.33. The maximum absolute atomic E-state index is 5.84. The molecule has 0 amide bonds. The SMILES string of the molecule is CCCc1cccc(-c2ccc(N)c(C)c2)c1. The fraction of sp³-hybridized carbons (Fsp3) is 0.250. The van der Waals surface area contributed by atoms with Crippen LogP contribution in [0.3, 0.4) is 0 Å². The van der Waals surface area contributed by atoms with Gasteiger partial charge in [0.15, 0.2) is 0 Å². The number of nitrogen functional groups attached to an aromatic ring is 1. The summed E-state index contributed by atoms with van der Waals surface area (Å²) in [5.41, 5.74) is 11.8. The molecule has 0 saturated heterocycles. The molecule has 88 valence electrons. The third kappa shape index (κ3) is 2.68. The highest BCUT2D eigenvalue weighted by Gasteiger charge is 2.01. The first-order valence-electron chi connectivity index (χ1n) is 6.16. The van der Waals surface area contributed by atoms with E-state index < -0.39 is 0 Å². The molecule has 0 radical (unpaired) electrons. The molecule has 0 heterocycles. The number of aryl methyl sites for hydroxylation is 2. The molecule has 2 rings (SSSR count). The second-order valence-electron chi connectivity index (χ2n) is 4.52. The predicted molar refractivity (Wildman–Crippen MR) is 75.0 cm³/mol. The van der Waals surface area contributed by atoms with Crippen LogP contribution in [0.2, 0.25) is 0 Å². The molecular formula is C16H19N. The van der Waals surface area contributed by atoms with Crippen molar-refractivity contribution in [1.82, 2.24) is 0 Å². The lowest BCUT2D eigenvalue weighted by Gasteiger charge is -2.07. The van der Waals surface area contributed by atoms with Crippen molar-refractivity contribution >= 4 is 5.69 Å². The van der Waals surface area contributed by atoms with Crippen molar-refractivity contribution in [3.05, 3.63) is 53.6 Å². The van der Waals surface area contributed by atoms with E-state index in [1.165, 1.54) is 23.1 Å². The zero-order chi connectivity index (χ0) is 12.3. The molecule has 2 aromatic rings. The van der Waals surface area contributed by atoms with Gasteiger partial charge in [0.25, 0.3) is 0 Å². The van der Waals surface area contributed by atoms with Crippen molar-refractivity contribution < 1.29 is 0 Å². The van der Waals surface area contributed by atoms with Crippen molar-refractivity contribution in [2.75, 3.05) is 5.73 Å². The highest BCUT2D eigenvalue weighted by atomic mass is 14.5. The summed E-state index contributed by atoms with van der Waals surface area (Å²) in [6, 6.07) is 15.0. The van der Waals surface area contributed by atoms with E-state index in [2.05, 4.69) is 50.2 Å². The lowest BCUT2D eigenvalue weighted by Crippen LogP contribution is -1.90. The topological polar surface area (TPSA) is 26.0 Å². The number of anilines is 1. The summed E-state index contributed by atoms with van der Waals surface area (Å²) >= 11 is 0. The summed E-state index contributed by atoms with van der Waals surface area (Å²) in [7, 11) is 0. The minimum absolute atomic E-state index is 0.860. The number of benzene rings is 2. The summed E-state index contributed by atoms with van der Waals surface area (Å²) in [5.74, 6) is 0. The van der Waals surface area contributed by atoms with Crippen molar-refractivity contribution in [2.45, 2.75) is 26.7 Å². The van der Waals surface area contributed by atoms with Gasteiger partial charge in [-0.1, -0.05) is 43.7 Å². The number of hydrogen-bond acceptors (Lipinski definition) is 1. The first-order chi connectivity index (χ1) is 8.20. The molecule has 0 aromatic heterocycles. The van der Waals surface area contributed by atoms with Crippen molar-refractivity contribution in [1.29, 1.82) is 0 Å². The Kier molecular flexibility index (Phi) is 3.48. The molecule has 0 fully saturated rings. The van der Waals surface area contributed by atoms with Crippen LogP contribution >= 0.6 is 0 Å². The Morgan fingerprint density at radius 3 is 2.47 bits per heavy atom. The second kappa shape index (κ2) is 5.05. The number of rotatable bonds is 3. The zero-order valence-corrected chi connectivity index (χ0v) is 10.5. The van der Waals surface area contributed by atoms with E-state index in [0.717, 1.165) is 17.7 Å². The van der Waals surface area contributed by atoms with Crippen LogP contribution in [-0.2, 0) is 6.42 Å². The number of nitrogens with two attached hydrogens (primary N) is 1. The van der Waals surface area contributed by atoms with Crippen LogP contribution in [0, 0.1) is 6.92 Å². The maximum Gasteiger partial charge on any atom is 0.0344 e. The molecule has 1 heteroatoms. The van der Waals surface area contributed by atoms with Gasteiger partial charge < -0.3 is 5.73 Å². The fourth-order valence-electron chi connectivity index (χ4n) is 2.05. The molecule has 0 atom stereocenters. The Balaban J connectivity index is 2.38. The highest BCUT2D eigenvalue weighted by Crippen LogP contribution is 2.24. The maximum atomic E-state index is 5.84. The molecule has 2 N–H and O–H groups in total. The lowest BCUT2D eigenvalue weighted by molar-refractivity contribution is 0.922. The summed E-state index contributed by atoms with van der Waals surface area (Å²) < 4.78 is 0. The normalized spacial score (nSPS) is 10.5. The zero-order valence-electron chi connectivity index (χ0n) is 10.5. The highest BCUT2D eigenvalue weighted by molar-refractivity contribution is 5.68. The van der Waals surface area contributed by atoms with Crippen molar-refractivity contribution in [3.63, 3.8) is 0 Å². The molecule has 0 aliphatic carbocycles. The van der Waals surface area contributed by atoms with Gasteiger partial charge in [-0.15, -0.1) is 0 Å². The van der Waals surface area contributed by atoms with Crippen LogP contribution in [-0.4, -0.2) is 0 Å². The van der Waals surface area contributed by atoms with Gasteiger partial charge in [0.1, 0.15) is 0 Å². The standard InChI is InChI=1S/C16H19N/c1-3-5-13-6-4-7-14(11-13)15-8-9-16(17)12(2)10-15/h4,6-11H,3,5,17H2,1-2H3. The molecular weight excluding hydrogens is 206 g/mol. The molecule has 1 nitrogen and oxygen atoms in total. The molecule has 0 saturated carbocycles. The van der Waals surface area contributed by atoms with Crippen LogP contribution in [0.4, 0.5) is 5.69 Å².